The van der Waals surface area contributed by atoms with Gasteiger partial charge in [-0.05, 0) is 18.6 Å². The number of amides is 2. The van der Waals surface area contributed by atoms with E-state index in [1.165, 1.54) is 19.1 Å². The van der Waals surface area contributed by atoms with Crippen LogP contribution in [-0.2, 0) is 4.79 Å². The highest BCUT2D eigenvalue weighted by atomic mass is 16.4. The number of aromatic nitrogens is 1. The van der Waals surface area contributed by atoms with Crippen LogP contribution in [0.1, 0.15) is 34.2 Å². The summed E-state index contributed by atoms with van der Waals surface area (Å²) in [5, 5.41) is 11.5. The first kappa shape index (κ1) is 14.0. The van der Waals surface area contributed by atoms with E-state index in [1.54, 1.807) is 4.90 Å². The van der Waals surface area contributed by atoms with Crippen molar-refractivity contribution in [2.75, 3.05) is 13.1 Å². The van der Waals surface area contributed by atoms with Crippen LogP contribution in [0.25, 0.3) is 0 Å². The summed E-state index contributed by atoms with van der Waals surface area (Å²) in [4.78, 5) is 39.3. The Hall–Kier alpha value is -2.44. The normalized spacial score (nSPS) is 17.9. The number of nitrogens with one attached hydrogen (secondary N) is 1. The lowest BCUT2D eigenvalue weighted by molar-refractivity contribution is -0.119. The van der Waals surface area contributed by atoms with Crippen LogP contribution in [0.5, 0.6) is 0 Å². The van der Waals surface area contributed by atoms with Gasteiger partial charge in [0, 0.05) is 32.3 Å². The Labute approximate surface area is 115 Å². The van der Waals surface area contributed by atoms with Gasteiger partial charge in [0.2, 0.25) is 5.91 Å². The van der Waals surface area contributed by atoms with Gasteiger partial charge in [0.05, 0.1) is 5.56 Å². The third-order valence-corrected chi connectivity index (χ3v) is 3.11. The predicted molar refractivity (Wildman–Crippen MR) is 69.3 cm³/mol. The Morgan fingerprint density at radius 2 is 2.15 bits per heavy atom. The fourth-order valence-electron chi connectivity index (χ4n) is 2.16. The second-order valence-corrected chi connectivity index (χ2v) is 4.67. The van der Waals surface area contributed by atoms with Crippen LogP contribution in [0, 0.1) is 0 Å². The molecule has 0 radical (unpaired) electrons. The minimum Gasteiger partial charge on any atom is -0.478 e. The number of aromatic carboxylic acids is 1. The Morgan fingerprint density at radius 3 is 2.70 bits per heavy atom. The van der Waals surface area contributed by atoms with Crippen LogP contribution < -0.4 is 5.32 Å². The van der Waals surface area contributed by atoms with Crippen molar-refractivity contribution < 1.29 is 19.5 Å². The standard InChI is InChI=1S/C13H15N3O4/c1-8(17)15-10-4-5-16(7-10)12(18)11-3-2-9(6-14-11)13(19)20/h2-3,6,10H,4-5,7H2,1H3,(H,15,17)(H,19,20). The Kier molecular flexibility index (Phi) is 3.97. The summed E-state index contributed by atoms with van der Waals surface area (Å²) < 4.78 is 0. The number of rotatable bonds is 3. The van der Waals surface area contributed by atoms with Crippen molar-refractivity contribution in [3.05, 3.63) is 29.6 Å². The highest BCUT2D eigenvalue weighted by molar-refractivity contribution is 5.94. The van der Waals surface area contributed by atoms with E-state index in [0.717, 1.165) is 6.20 Å². The summed E-state index contributed by atoms with van der Waals surface area (Å²) in [6.07, 6.45) is 1.87. The molecule has 2 amide bonds. The van der Waals surface area contributed by atoms with Gasteiger partial charge in [-0.15, -0.1) is 0 Å². The minimum atomic E-state index is -1.08. The van der Waals surface area contributed by atoms with E-state index in [1.807, 2.05) is 0 Å². The van der Waals surface area contributed by atoms with Crippen molar-refractivity contribution in [2.45, 2.75) is 19.4 Å². The first-order chi connectivity index (χ1) is 9.47. The zero-order valence-corrected chi connectivity index (χ0v) is 11.0. The summed E-state index contributed by atoms with van der Waals surface area (Å²) in [5.41, 5.74) is 0.248. The van der Waals surface area contributed by atoms with Crippen molar-refractivity contribution in [3.8, 4) is 0 Å². The molecule has 1 aliphatic rings. The average molecular weight is 277 g/mol. The molecule has 0 aromatic carbocycles. The van der Waals surface area contributed by atoms with Gasteiger partial charge in [-0.3, -0.25) is 14.6 Å². The van der Waals surface area contributed by atoms with Gasteiger partial charge < -0.3 is 15.3 Å². The minimum absolute atomic E-state index is 0.0326. The maximum atomic E-state index is 12.2. The van der Waals surface area contributed by atoms with Gasteiger partial charge in [-0.2, -0.15) is 0 Å². The molecule has 106 valence electrons. The second-order valence-electron chi connectivity index (χ2n) is 4.67. The highest BCUT2D eigenvalue weighted by Gasteiger charge is 2.27. The van der Waals surface area contributed by atoms with Gasteiger partial charge in [0.1, 0.15) is 5.69 Å². The van der Waals surface area contributed by atoms with Crippen LogP contribution in [-0.4, -0.2) is 51.9 Å². The van der Waals surface area contributed by atoms with E-state index in [4.69, 9.17) is 5.11 Å². The summed E-state index contributed by atoms with van der Waals surface area (Å²) >= 11 is 0. The highest BCUT2D eigenvalue weighted by Crippen LogP contribution is 2.13. The van der Waals surface area contributed by atoms with Crippen molar-refractivity contribution in [3.63, 3.8) is 0 Å². The molecule has 2 heterocycles. The molecule has 2 rings (SSSR count). The molecule has 1 fully saturated rings. The third-order valence-electron chi connectivity index (χ3n) is 3.11. The van der Waals surface area contributed by atoms with E-state index >= 15 is 0 Å². The molecular formula is C13H15N3O4. The fourth-order valence-corrected chi connectivity index (χ4v) is 2.16. The average Bonchev–Trinajstić information content (AvgIpc) is 2.85. The lowest BCUT2D eigenvalue weighted by Gasteiger charge is -2.16. The molecule has 1 aromatic heterocycles. The Bertz CT molecular complexity index is 541. The number of hydrogen-bond acceptors (Lipinski definition) is 4. The van der Waals surface area contributed by atoms with Gasteiger partial charge in [-0.1, -0.05) is 0 Å². The number of carboxylic acids is 1. The van der Waals surface area contributed by atoms with Crippen LogP contribution in [0.15, 0.2) is 18.3 Å². The number of carbonyl (C=O) groups excluding carboxylic acids is 2. The van der Waals surface area contributed by atoms with Crippen LogP contribution >= 0.6 is 0 Å². The van der Waals surface area contributed by atoms with Crippen molar-refractivity contribution in [1.82, 2.24) is 15.2 Å². The summed E-state index contributed by atoms with van der Waals surface area (Å²) in [6, 6.07) is 2.72. The van der Waals surface area contributed by atoms with E-state index in [0.29, 0.717) is 19.5 Å². The number of pyridine rings is 1. The molecule has 1 unspecified atom stereocenters. The smallest absolute Gasteiger partial charge is 0.337 e. The number of nitrogens with zero attached hydrogens (tertiary/aromatic N) is 2. The van der Waals surface area contributed by atoms with Gasteiger partial charge in [0.25, 0.3) is 5.91 Å². The first-order valence-electron chi connectivity index (χ1n) is 6.23. The molecule has 2 N–H and O–H groups in total. The van der Waals surface area contributed by atoms with Gasteiger partial charge >= 0.3 is 5.97 Å². The first-order valence-corrected chi connectivity index (χ1v) is 6.23. The van der Waals surface area contributed by atoms with Crippen LogP contribution in [0.3, 0.4) is 0 Å². The van der Waals surface area contributed by atoms with E-state index in [9.17, 15) is 14.4 Å². The van der Waals surface area contributed by atoms with Crippen LogP contribution in [0.4, 0.5) is 0 Å². The molecule has 0 spiro atoms. The van der Waals surface area contributed by atoms with Crippen molar-refractivity contribution >= 4 is 17.8 Å². The fraction of sp³-hybridized carbons (Fsp3) is 0.385. The molecule has 0 bridgehead atoms. The zero-order chi connectivity index (χ0) is 14.7. The van der Waals surface area contributed by atoms with Gasteiger partial charge in [0.15, 0.2) is 0 Å². The Morgan fingerprint density at radius 1 is 1.40 bits per heavy atom. The number of hydrogen-bond donors (Lipinski definition) is 2. The number of likely N-dealkylation sites (tertiary alicyclic amines) is 1. The van der Waals surface area contributed by atoms with Crippen molar-refractivity contribution in [2.24, 2.45) is 0 Å². The topological polar surface area (TPSA) is 99.6 Å². The lowest BCUT2D eigenvalue weighted by atomic mass is 10.2. The molecule has 1 saturated heterocycles. The molecule has 0 aliphatic carbocycles. The molecule has 20 heavy (non-hydrogen) atoms. The monoisotopic (exact) mass is 277 g/mol. The molecule has 7 nitrogen and oxygen atoms in total. The molecule has 1 aromatic rings. The predicted octanol–water partition coefficient (Wildman–Crippen LogP) is 0.130. The maximum Gasteiger partial charge on any atom is 0.337 e. The maximum absolute atomic E-state index is 12.2. The van der Waals surface area contributed by atoms with E-state index in [-0.39, 0.29) is 29.1 Å². The van der Waals surface area contributed by atoms with E-state index < -0.39 is 5.97 Å². The molecular weight excluding hydrogens is 262 g/mol. The van der Waals surface area contributed by atoms with Crippen molar-refractivity contribution in [1.29, 1.82) is 0 Å². The largest absolute Gasteiger partial charge is 0.478 e. The number of carbonyl (C=O) groups is 3. The third kappa shape index (κ3) is 3.11. The SMILES string of the molecule is CC(=O)NC1CCN(C(=O)c2ccc(C(=O)O)cn2)C1. The van der Waals surface area contributed by atoms with Crippen LogP contribution in [0.2, 0.25) is 0 Å². The second kappa shape index (κ2) is 5.68. The molecule has 1 atom stereocenters. The van der Waals surface area contributed by atoms with E-state index in [2.05, 4.69) is 10.3 Å². The molecule has 0 saturated carbocycles. The van der Waals surface area contributed by atoms with Gasteiger partial charge in [-0.25, -0.2) is 4.79 Å². The summed E-state index contributed by atoms with van der Waals surface area (Å²) in [6.45, 7) is 2.43. The summed E-state index contributed by atoms with van der Waals surface area (Å²) in [5.74, 6) is -1.45. The number of carboxylic acid groups (broad SMARTS) is 1. The lowest BCUT2D eigenvalue weighted by Crippen LogP contribution is -2.37. The zero-order valence-electron chi connectivity index (χ0n) is 11.0. The summed E-state index contributed by atoms with van der Waals surface area (Å²) in [7, 11) is 0. The molecule has 7 heteroatoms. The quantitative estimate of drug-likeness (QED) is 0.818. The molecule has 1 aliphatic heterocycles. The Balaban J connectivity index is 2.01.